The number of piperidine rings is 1. The highest BCUT2D eigenvalue weighted by Crippen LogP contribution is 2.39. The van der Waals surface area contributed by atoms with Crippen LogP contribution in [0.2, 0.25) is 5.02 Å². The van der Waals surface area contributed by atoms with Crippen LogP contribution in [-0.2, 0) is 22.7 Å². The molecule has 3 aliphatic heterocycles. The maximum absolute atomic E-state index is 13.1. The quantitative estimate of drug-likeness (QED) is 0.122. The fourth-order valence-electron chi connectivity index (χ4n) is 7.03. The third kappa shape index (κ3) is 6.53. The van der Waals surface area contributed by atoms with Crippen LogP contribution in [0.25, 0.3) is 5.00 Å². The Bertz CT molecular complexity index is 2380. The van der Waals surface area contributed by atoms with Gasteiger partial charge in [-0.25, -0.2) is 0 Å². The van der Waals surface area contributed by atoms with Crippen molar-refractivity contribution in [3.63, 3.8) is 0 Å². The number of halogens is 1. The van der Waals surface area contributed by atoms with Crippen molar-refractivity contribution in [2.24, 2.45) is 4.99 Å². The first-order chi connectivity index (χ1) is 25.7. The fourth-order valence-corrected chi connectivity index (χ4v) is 8.37. The van der Waals surface area contributed by atoms with Crippen LogP contribution in [0.4, 0.5) is 0 Å². The van der Waals surface area contributed by atoms with Crippen LogP contribution in [0.3, 0.4) is 0 Å². The van der Waals surface area contributed by atoms with Crippen LogP contribution < -0.4 is 10.1 Å². The molecule has 0 radical (unpaired) electrons. The number of hydrogen-bond donors (Lipinski definition) is 1. The highest BCUT2D eigenvalue weighted by atomic mass is 35.5. The molecule has 1 N–H and O–H groups in total. The van der Waals surface area contributed by atoms with Crippen LogP contribution in [-0.4, -0.2) is 65.5 Å². The highest BCUT2D eigenvalue weighted by Gasteiger charge is 2.40. The summed E-state index contributed by atoms with van der Waals surface area (Å²) in [6, 6.07) is 12.3. The summed E-state index contributed by atoms with van der Waals surface area (Å²) >= 11 is 7.83. The van der Waals surface area contributed by atoms with Gasteiger partial charge in [-0.1, -0.05) is 41.6 Å². The minimum Gasteiger partial charge on any atom is -0.493 e. The lowest BCUT2D eigenvalue weighted by atomic mass is 9.99. The molecule has 2 aromatic carbocycles. The molecule has 268 valence electrons. The van der Waals surface area contributed by atoms with Gasteiger partial charge in [0.25, 0.3) is 5.91 Å². The Morgan fingerprint density at radius 2 is 1.89 bits per heavy atom. The number of carbonyl (C=O) groups excluding carboxylic acids is 3. The number of thiophene rings is 1. The van der Waals surface area contributed by atoms with Crippen LogP contribution in [0, 0.1) is 25.7 Å². The van der Waals surface area contributed by atoms with Gasteiger partial charge in [-0.2, -0.15) is 5.10 Å². The van der Waals surface area contributed by atoms with Gasteiger partial charge in [0.05, 0.1) is 35.5 Å². The first-order valence-electron chi connectivity index (χ1n) is 17.5. The van der Waals surface area contributed by atoms with Crippen molar-refractivity contribution in [3.8, 4) is 22.6 Å². The number of fused-ring (bicyclic) bond motifs is 4. The van der Waals surface area contributed by atoms with E-state index in [1.165, 1.54) is 4.90 Å². The molecule has 1 unspecified atom stereocenters. The number of rotatable bonds is 8. The molecule has 3 aliphatic rings. The molecule has 0 bridgehead atoms. The molecule has 3 aromatic heterocycles. The summed E-state index contributed by atoms with van der Waals surface area (Å²) < 4.78 is 10.1. The number of nitrogens with zero attached hydrogens (tertiary/aromatic N) is 7. The third-order valence-electron chi connectivity index (χ3n) is 9.76. The van der Waals surface area contributed by atoms with E-state index in [0.29, 0.717) is 35.9 Å². The van der Waals surface area contributed by atoms with Gasteiger partial charge in [0, 0.05) is 46.4 Å². The summed E-state index contributed by atoms with van der Waals surface area (Å²) in [6.45, 7) is 7.51. The zero-order chi connectivity index (χ0) is 36.8. The monoisotopic (exact) mass is 746 g/mol. The molecule has 12 nitrogen and oxygen atoms in total. The van der Waals surface area contributed by atoms with Crippen molar-refractivity contribution >= 4 is 46.4 Å². The zero-order valence-electron chi connectivity index (χ0n) is 29.4. The van der Waals surface area contributed by atoms with Crippen LogP contribution in [0.1, 0.15) is 93.4 Å². The van der Waals surface area contributed by atoms with E-state index in [4.69, 9.17) is 21.3 Å². The van der Waals surface area contributed by atoms with Gasteiger partial charge >= 0.3 is 0 Å². The van der Waals surface area contributed by atoms with E-state index in [-0.39, 0.29) is 30.8 Å². The number of nitrogens with one attached hydrogen (secondary N) is 1. The minimum atomic E-state index is -0.660. The summed E-state index contributed by atoms with van der Waals surface area (Å²) in [4.78, 5) is 44.7. The zero-order valence-corrected chi connectivity index (χ0v) is 30.9. The molecule has 0 spiro atoms. The van der Waals surface area contributed by atoms with E-state index in [1.54, 1.807) is 29.7 Å². The summed E-state index contributed by atoms with van der Waals surface area (Å²) in [6.07, 6.45) is 5.87. The van der Waals surface area contributed by atoms with E-state index in [2.05, 4.69) is 43.9 Å². The number of aromatic nitrogens is 5. The number of unbranched alkanes of at least 4 members (excludes halogenated alkanes) is 1. The van der Waals surface area contributed by atoms with E-state index in [1.807, 2.05) is 55.1 Å². The molecule has 3 amide bonds. The van der Waals surface area contributed by atoms with Crippen molar-refractivity contribution in [1.29, 1.82) is 0 Å². The smallest absolute Gasteiger partial charge is 0.255 e. The predicted octanol–water partition coefficient (Wildman–Crippen LogP) is 5.73. The van der Waals surface area contributed by atoms with Crippen LogP contribution in [0.5, 0.6) is 5.75 Å². The maximum Gasteiger partial charge on any atom is 0.255 e. The molecular weight excluding hydrogens is 712 g/mol. The molecular formula is C39H35ClN8O4S. The number of imide groups is 1. The second-order valence-electron chi connectivity index (χ2n) is 13.3. The van der Waals surface area contributed by atoms with E-state index in [9.17, 15) is 14.4 Å². The standard InChI is InChI=1S/C39H35ClN8O4S/c1-22-32(53-39-34(22)35(26-10-12-27(40)13-11-26)42-23(2)36-45-44-24(3)48(36)39)15-9-25-19-41-46(20-25)17-4-5-18-52-31-8-6-7-28-29(31)21-47(38(28)51)30-14-16-33(49)43-37(30)50/h6-8,10-13,19-20,23,30H,4-5,14,16-18,21H2,1-3H3,(H,43,49,50)/t23-,30?/m0/s1. The summed E-state index contributed by atoms with van der Waals surface area (Å²) in [7, 11) is 0. The number of benzene rings is 2. The van der Waals surface area contributed by atoms with Crippen molar-refractivity contribution in [2.75, 3.05) is 6.61 Å². The number of amides is 3. The van der Waals surface area contributed by atoms with E-state index >= 15 is 0 Å². The Labute approximate surface area is 314 Å². The third-order valence-corrected chi connectivity index (χ3v) is 11.2. The lowest BCUT2D eigenvalue weighted by Gasteiger charge is -2.29. The Kier molecular flexibility index (Phi) is 9.18. The maximum atomic E-state index is 13.1. The normalized spacial score (nSPS) is 17.7. The molecule has 1 fully saturated rings. The van der Waals surface area contributed by atoms with Gasteiger partial charge in [-0.15, -0.1) is 21.5 Å². The van der Waals surface area contributed by atoms with E-state index in [0.717, 1.165) is 67.9 Å². The Morgan fingerprint density at radius 3 is 2.70 bits per heavy atom. The molecule has 53 heavy (non-hydrogen) atoms. The predicted molar refractivity (Wildman–Crippen MR) is 200 cm³/mol. The molecule has 14 heteroatoms. The number of carbonyl (C=O) groups is 3. The second-order valence-corrected chi connectivity index (χ2v) is 14.8. The molecule has 2 atom stereocenters. The number of hydrogen-bond acceptors (Lipinski definition) is 9. The van der Waals surface area contributed by atoms with Crippen LogP contribution in [0.15, 0.2) is 59.9 Å². The van der Waals surface area contributed by atoms with Crippen molar-refractivity contribution < 1.29 is 19.1 Å². The number of ether oxygens (including phenoxy) is 1. The van der Waals surface area contributed by atoms with Gasteiger partial charge in [-0.05, 0) is 69.9 Å². The van der Waals surface area contributed by atoms with Gasteiger partial charge in [0.1, 0.15) is 28.7 Å². The average molecular weight is 747 g/mol. The van der Waals surface area contributed by atoms with Crippen LogP contribution >= 0.6 is 22.9 Å². The summed E-state index contributed by atoms with van der Waals surface area (Å²) in [5.74, 6) is 8.00. The first kappa shape index (κ1) is 34.5. The lowest BCUT2D eigenvalue weighted by molar-refractivity contribution is -0.136. The Morgan fingerprint density at radius 1 is 1.06 bits per heavy atom. The van der Waals surface area contributed by atoms with Crippen molar-refractivity contribution in [1.82, 2.24) is 34.8 Å². The number of aliphatic imine (C=N–C) groups is 1. The van der Waals surface area contributed by atoms with Crippen molar-refractivity contribution in [2.45, 2.75) is 71.6 Å². The minimum absolute atomic E-state index is 0.185. The largest absolute Gasteiger partial charge is 0.493 e. The van der Waals surface area contributed by atoms with Crippen molar-refractivity contribution in [3.05, 3.63) is 110 Å². The first-order valence-corrected chi connectivity index (χ1v) is 18.7. The molecule has 8 rings (SSSR count). The Balaban J connectivity index is 0.917. The topological polar surface area (TPSA) is 137 Å². The molecule has 6 heterocycles. The second kappa shape index (κ2) is 14.1. The average Bonchev–Trinajstić information content (AvgIpc) is 3.90. The fraction of sp³-hybridized carbons (Fsp3) is 0.308. The summed E-state index contributed by atoms with van der Waals surface area (Å²) in [5.41, 5.74) is 6.05. The summed E-state index contributed by atoms with van der Waals surface area (Å²) in [5, 5.41) is 17.4. The SMILES string of the molecule is Cc1c(C#Cc2cnn(CCCCOc3cccc4c3CN(C3CCC(=O)NC3=O)C4=O)c2)sc2c1C(c1ccc(Cl)cc1)=N[C@@H](C)c1nnc(C)n1-2. The van der Waals surface area contributed by atoms with E-state index < -0.39 is 11.9 Å². The van der Waals surface area contributed by atoms with Gasteiger partial charge in [0.2, 0.25) is 11.8 Å². The van der Waals surface area contributed by atoms with Gasteiger partial charge in [-0.3, -0.25) is 33.9 Å². The van der Waals surface area contributed by atoms with Gasteiger partial charge in [0.15, 0.2) is 5.82 Å². The molecule has 0 aliphatic carbocycles. The molecule has 5 aromatic rings. The van der Waals surface area contributed by atoms with Gasteiger partial charge < -0.3 is 9.64 Å². The Hall–Kier alpha value is -5.58. The lowest BCUT2D eigenvalue weighted by Crippen LogP contribution is -2.52. The molecule has 1 saturated heterocycles. The molecule has 0 saturated carbocycles. The number of aryl methyl sites for hydroxylation is 2. The highest BCUT2D eigenvalue weighted by molar-refractivity contribution is 7.15.